The fraction of sp³-hybridized carbons (Fsp3) is 0.0833. The van der Waals surface area contributed by atoms with E-state index in [1.54, 1.807) is 30.3 Å². The number of nitro benzene ring substituents is 1. The van der Waals surface area contributed by atoms with Crippen LogP contribution < -0.4 is 16.4 Å². The van der Waals surface area contributed by atoms with Gasteiger partial charge in [0.05, 0.1) is 23.3 Å². The van der Waals surface area contributed by atoms with Crippen molar-refractivity contribution in [3.8, 4) is 0 Å². The molecule has 0 aliphatic heterocycles. The van der Waals surface area contributed by atoms with E-state index in [-0.39, 0.29) is 35.5 Å². The van der Waals surface area contributed by atoms with Gasteiger partial charge in [0.25, 0.3) is 17.2 Å². The summed E-state index contributed by atoms with van der Waals surface area (Å²) in [6, 6.07) is 21.6. The van der Waals surface area contributed by atoms with Crippen LogP contribution in [0, 0.1) is 10.1 Å². The van der Waals surface area contributed by atoms with Gasteiger partial charge in [-0.15, -0.1) is 0 Å². The number of hydrogen-bond donors (Lipinski definition) is 2. The first-order chi connectivity index (χ1) is 16.4. The van der Waals surface area contributed by atoms with Gasteiger partial charge < -0.3 is 0 Å². The van der Waals surface area contributed by atoms with E-state index in [0.29, 0.717) is 10.8 Å². The zero-order valence-electron chi connectivity index (χ0n) is 17.8. The molecule has 0 atom stereocenters. The number of aromatic nitrogens is 2. The van der Waals surface area contributed by atoms with Crippen LogP contribution in [-0.4, -0.2) is 26.5 Å². The van der Waals surface area contributed by atoms with Crippen molar-refractivity contribution >= 4 is 28.3 Å². The summed E-state index contributed by atoms with van der Waals surface area (Å²) >= 11 is 0. The summed E-state index contributed by atoms with van der Waals surface area (Å²) < 4.78 is 1.20. The highest BCUT2D eigenvalue weighted by Crippen LogP contribution is 2.18. The van der Waals surface area contributed by atoms with E-state index in [1.165, 1.54) is 22.9 Å². The molecule has 0 saturated heterocycles. The summed E-state index contributed by atoms with van der Waals surface area (Å²) in [7, 11) is 0. The smallest absolute Gasteiger partial charge is 0.273 e. The number of rotatable bonds is 6. The molecule has 4 aromatic rings. The maximum Gasteiger partial charge on any atom is 0.290 e. The SMILES string of the molecule is O=C(Cc1ccccc1[N+](=O)[O-])NNC(=O)c1nn(Cc2ccccc2)c(=O)c2ccccc12. The molecular weight excluding hydrogens is 438 g/mol. The van der Waals surface area contributed by atoms with Crippen molar-refractivity contribution in [1.82, 2.24) is 20.6 Å². The van der Waals surface area contributed by atoms with E-state index in [4.69, 9.17) is 0 Å². The second-order valence-electron chi connectivity index (χ2n) is 7.41. The molecular formula is C24H19N5O5. The average molecular weight is 457 g/mol. The molecule has 10 nitrogen and oxygen atoms in total. The van der Waals surface area contributed by atoms with Gasteiger partial charge in [-0.2, -0.15) is 5.10 Å². The van der Waals surface area contributed by atoms with Gasteiger partial charge in [0.15, 0.2) is 5.69 Å². The average Bonchev–Trinajstić information content (AvgIpc) is 2.85. The van der Waals surface area contributed by atoms with Crippen LogP contribution in [0.5, 0.6) is 0 Å². The number of amides is 2. The van der Waals surface area contributed by atoms with Crippen LogP contribution in [0.25, 0.3) is 10.8 Å². The quantitative estimate of drug-likeness (QED) is 0.337. The number of hydrogen-bond acceptors (Lipinski definition) is 6. The summed E-state index contributed by atoms with van der Waals surface area (Å²) in [4.78, 5) is 48.7. The van der Waals surface area contributed by atoms with Gasteiger partial charge in [-0.1, -0.05) is 66.7 Å². The Labute approximate surface area is 193 Å². The number of benzene rings is 3. The Hall–Kier alpha value is -4.86. The molecule has 0 aliphatic rings. The summed E-state index contributed by atoms with van der Waals surface area (Å²) in [6.45, 7) is 0.162. The summed E-state index contributed by atoms with van der Waals surface area (Å²) in [5, 5.41) is 16.0. The molecule has 2 N–H and O–H groups in total. The Bertz CT molecular complexity index is 1450. The molecule has 34 heavy (non-hydrogen) atoms. The zero-order valence-corrected chi connectivity index (χ0v) is 17.8. The van der Waals surface area contributed by atoms with Crippen molar-refractivity contribution in [2.75, 3.05) is 0 Å². The molecule has 0 spiro atoms. The van der Waals surface area contributed by atoms with E-state index >= 15 is 0 Å². The third kappa shape index (κ3) is 4.80. The second kappa shape index (κ2) is 9.74. The van der Waals surface area contributed by atoms with Crippen LogP contribution in [0.2, 0.25) is 0 Å². The highest BCUT2D eigenvalue weighted by Gasteiger charge is 2.19. The van der Waals surface area contributed by atoms with Gasteiger partial charge in [-0.05, 0) is 11.6 Å². The molecule has 1 heterocycles. The van der Waals surface area contributed by atoms with E-state index in [2.05, 4.69) is 16.0 Å². The number of carbonyl (C=O) groups is 2. The largest absolute Gasteiger partial charge is 0.290 e. The van der Waals surface area contributed by atoms with Crippen molar-refractivity contribution in [2.24, 2.45) is 0 Å². The molecule has 0 bridgehead atoms. The number of nitro groups is 1. The van der Waals surface area contributed by atoms with Crippen LogP contribution in [0.1, 0.15) is 21.6 Å². The van der Waals surface area contributed by atoms with Crippen molar-refractivity contribution in [1.29, 1.82) is 0 Å². The van der Waals surface area contributed by atoms with E-state index in [0.717, 1.165) is 5.56 Å². The van der Waals surface area contributed by atoms with Gasteiger partial charge >= 0.3 is 0 Å². The fourth-order valence-corrected chi connectivity index (χ4v) is 3.51. The molecule has 1 aromatic heterocycles. The predicted molar refractivity (Wildman–Crippen MR) is 124 cm³/mol. The zero-order chi connectivity index (χ0) is 24.1. The molecule has 3 aromatic carbocycles. The van der Waals surface area contributed by atoms with E-state index < -0.39 is 16.7 Å². The van der Waals surface area contributed by atoms with Crippen molar-refractivity contribution < 1.29 is 14.5 Å². The standard InChI is InChI=1S/C24H19N5O5/c30-21(14-17-10-4-7-13-20(17)29(33)34)25-26-23(31)22-18-11-5-6-12-19(18)24(32)28(27-22)15-16-8-2-1-3-9-16/h1-13H,14-15H2,(H,25,30)(H,26,31). The van der Waals surface area contributed by atoms with Gasteiger partial charge in [-0.3, -0.25) is 35.3 Å². The lowest BCUT2D eigenvalue weighted by Crippen LogP contribution is -2.43. The lowest BCUT2D eigenvalue weighted by atomic mass is 10.1. The Morgan fingerprint density at radius 1 is 0.882 bits per heavy atom. The lowest BCUT2D eigenvalue weighted by Gasteiger charge is -2.12. The van der Waals surface area contributed by atoms with Gasteiger partial charge in [0.1, 0.15) is 0 Å². The molecule has 2 amide bonds. The first-order valence-corrected chi connectivity index (χ1v) is 10.3. The summed E-state index contributed by atoms with van der Waals surface area (Å²) in [5.41, 5.74) is 4.99. The third-order valence-electron chi connectivity index (χ3n) is 5.11. The van der Waals surface area contributed by atoms with Crippen LogP contribution in [0.3, 0.4) is 0 Å². The normalized spacial score (nSPS) is 10.6. The predicted octanol–water partition coefficient (Wildman–Crippen LogP) is 2.36. The first-order valence-electron chi connectivity index (χ1n) is 10.3. The van der Waals surface area contributed by atoms with Gasteiger partial charge in [0.2, 0.25) is 5.91 Å². The molecule has 10 heteroatoms. The van der Waals surface area contributed by atoms with Crippen LogP contribution >= 0.6 is 0 Å². The fourth-order valence-electron chi connectivity index (χ4n) is 3.51. The highest BCUT2D eigenvalue weighted by atomic mass is 16.6. The number of nitrogens with one attached hydrogen (secondary N) is 2. The summed E-state index contributed by atoms with van der Waals surface area (Å²) in [6.07, 6.45) is -0.306. The number of nitrogens with zero attached hydrogens (tertiary/aromatic N) is 3. The molecule has 0 unspecified atom stereocenters. The molecule has 0 saturated carbocycles. The van der Waals surface area contributed by atoms with E-state index in [1.807, 2.05) is 30.3 Å². The van der Waals surface area contributed by atoms with Crippen molar-refractivity contribution in [2.45, 2.75) is 13.0 Å². The van der Waals surface area contributed by atoms with Crippen LogP contribution in [0.4, 0.5) is 5.69 Å². The molecule has 170 valence electrons. The maximum absolute atomic E-state index is 12.9. The van der Waals surface area contributed by atoms with Gasteiger partial charge in [-0.25, -0.2) is 4.68 Å². The topological polar surface area (TPSA) is 136 Å². The minimum Gasteiger partial charge on any atom is -0.273 e. The Morgan fingerprint density at radius 3 is 2.26 bits per heavy atom. The first kappa shape index (κ1) is 22.3. The molecule has 0 radical (unpaired) electrons. The Balaban J connectivity index is 1.56. The molecule has 0 aliphatic carbocycles. The number of hydrazine groups is 1. The van der Waals surface area contributed by atoms with Crippen LogP contribution in [-0.2, 0) is 17.8 Å². The summed E-state index contributed by atoms with van der Waals surface area (Å²) in [5.74, 6) is -1.38. The molecule has 4 rings (SSSR count). The Kier molecular flexibility index (Phi) is 6.40. The second-order valence-corrected chi connectivity index (χ2v) is 7.41. The Morgan fingerprint density at radius 2 is 1.53 bits per heavy atom. The third-order valence-corrected chi connectivity index (χ3v) is 5.11. The lowest BCUT2D eigenvalue weighted by molar-refractivity contribution is -0.385. The number of fused-ring (bicyclic) bond motifs is 1. The highest BCUT2D eigenvalue weighted by molar-refractivity contribution is 6.05. The minimum absolute atomic E-state index is 0.0443. The van der Waals surface area contributed by atoms with Crippen LogP contribution in [0.15, 0.2) is 83.7 Å². The van der Waals surface area contributed by atoms with Crippen molar-refractivity contribution in [3.05, 3.63) is 116 Å². The molecule has 0 fully saturated rings. The number of para-hydroxylation sites is 1. The van der Waals surface area contributed by atoms with Crippen molar-refractivity contribution in [3.63, 3.8) is 0 Å². The van der Waals surface area contributed by atoms with E-state index in [9.17, 15) is 24.5 Å². The minimum atomic E-state index is -0.728. The maximum atomic E-state index is 12.9. The monoisotopic (exact) mass is 457 g/mol. The number of carbonyl (C=O) groups excluding carboxylic acids is 2. The van der Waals surface area contributed by atoms with Gasteiger partial charge in [0, 0.05) is 17.0 Å².